The van der Waals surface area contributed by atoms with Gasteiger partial charge in [-0.2, -0.15) is 9.35 Å². The first kappa shape index (κ1) is 29.6. The van der Waals surface area contributed by atoms with E-state index in [2.05, 4.69) is 48.2 Å². The van der Waals surface area contributed by atoms with E-state index >= 15 is 0 Å². The van der Waals surface area contributed by atoms with E-state index in [9.17, 15) is 9.00 Å². The summed E-state index contributed by atoms with van der Waals surface area (Å²) in [6.45, 7) is 9.14. The second-order valence-corrected chi connectivity index (χ2v) is 14.9. The maximum Gasteiger partial charge on any atom is 0.278 e. The molecule has 7 rings (SSSR count). The number of rotatable bonds is 7. The molecule has 3 aliphatic rings. The van der Waals surface area contributed by atoms with Crippen LogP contribution in [0.2, 0.25) is 0 Å². The lowest BCUT2D eigenvalue weighted by molar-refractivity contribution is -0.147. The summed E-state index contributed by atoms with van der Waals surface area (Å²) in [6, 6.07) is 14.1. The average Bonchev–Trinajstić information content (AvgIpc) is 3.61. The van der Waals surface area contributed by atoms with Gasteiger partial charge in [0.25, 0.3) is 5.56 Å². The summed E-state index contributed by atoms with van der Waals surface area (Å²) in [5, 5.41) is 3.64. The van der Waals surface area contributed by atoms with Crippen LogP contribution in [0, 0.1) is 0 Å². The fraction of sp³-hybridized carbons (Fsp3) is 0.438. The molecule has 3 aromatic heterocycles. The second-order valence-electron chi connectivity index (χ2n) is 12.3. The van der Waals surface area contributed by atoms with E-state index in [0.29, 0.717) is 34.7 Å². The summed E-state index contributed by atoms with van der Waals surface area (Å²) in [6.07, 6.45) is 10.9. The number of nitrogens with zero attached hydrogens (tertiary/aromatic N) is 8. The molecule has 1 N–H and O–H groups in total. The van der Waals surface area contributed by atoms with Crippen LogP contribution >= 0.6 is 0 Å². The van der Waals surface area contributed by atoms with Gasteiger partial charge in [-0.3, -0.25) is 9.69 Å². The van der Waals surface area contributed by atoms with E-state index in [1.807, 2.05) is 12.1 Å². The van der Waals surface area contributed by atoms with Gasteiger partial charge in [-0.15, -0.1) is 6.58 Å². The largest absolute Gasteiger partial charge is 0.372 e. The minimum atomic E-state index is -2.42. The van der Waals surface area contributed by atoms with Gasteiger partial charge in [0.05, 0.1) is 18.8 Å². The number of allylic oxidation sites excluding steroid dienone is 1. The van der Waals surface area contributed by atoms with Crippen LogP contribution < -0.4 is 15.8 Å². The number of fused-ring (bicyclic) bond motifs is 3. The summed E-state index contributed by atoms with van der Waals surface area (Å²) >= 11 is 0. The third-order valence-electron chi connectivity index (χ3n) is 9.06. The second kappa shape index (κ2) is 11.7. The molecule has 0 amide bonds. The molecular weight excluding hydrogens is 590 g/mol. The van der Waals surface area contributed by atoms with Crippen molar-refractivity contribution in [2.45, 2.75) is 43.9 Å². The van der Waals surface area contributed by atoms with E-state index in [0.717, 1.165) is 44.8 Å². The Bertz CT molecular complexity index is 1910. The molecule has 1 spiro atoms. The summed E-state index contributed by atoms with van der Waals surface area (Å²) in [7, 11) is -2.42. The predicted molar refractivity (Wildman–Crippen MR) is 178 cm³/mol. The molecule has 3 fully saturated rings. The van der Waals surface area contributed by atoms with Gasteiger partial charge >= 0.3 is 0 Å². The molecule has 12 nitrogen and oxygen atoms in total. The van der Waals surface area contributed by atoms with Crippen molar-refractivity contribution in [3.63, 3.8) is 0 Å². The van der Waals surface area contributed by atoms with Crippen LogP contribution in [-0.4, -0.2) is 90.4 Å². The van der Waals surface area contributed by atoms with Crippen LogP contribution in [0.15, 0.2) is 70.5 Å². The third-order valence-corrected chi connectivity index (χ3v) is 9.69. The molecule has 1 atom stereocenters. The van der Waals surface area contributed by atoms with Crippen molar-refractivity contribution in [3.05, 3.63) is 71.7 Å². The Balaban J connectivity index is 1.12. The number of hydrogen-bond acceptors (Lipinski definition) is 10. The minimum Gasteiger partial charge on any atom is -0.372 e. The summed E-state index contributed by atoms with van der Waals surface area (Å²) in [4.78, 5) is 32.2. The molecule has 0 radical (unpaired) electrons. The van der Waals surface area contributed by atoms with E-state index in [4.69, 9.17) is 9.72 Å². The lowest BCUT2D eigenvalue weighted by Crippen LogP contribution is -2.61. The Morgan fingerprint density at radius 1 is 1.11 bits per heavy atom. The van der Waals surface area contributed by atoms with Crippen LogP contribution in [0.4, 0.5) is 23.1 Å². The normalized spacial score (nSPS) is 20.0. The molecule has 3 saturated heterocycles. The van der Waals surface area contributed by atoms with Crippen LogP contribution in [0.1, 0.15) is 25.7 Å². The van der Waals surface area contributed by atoms with Crippen molar-refractivity contribution in [1.29, 1.82) is 0 Å². The van der Waals surface area contributed by atoms with Crippen LogP contribution in [0.3, 0.4) is 0 Å². The Morgan fingerprint density at radius 3 is 2.67 bits per heavy atom. The fourth-order valence-electron chi connectivity index (χ4n) is 7.07. The van der Waals surface area contributed by atoms with Gasteiger partial charge in [0.2, 0.25) is 5.95 Å². The number of aromatic nitrogens is 5. The standard InChI is InChI=1S/C32H39N9O3S/c1-4-16-40-30(42)25-22-33-31(36-29(25)41(40)28-9-5-8-27(35-28)37-45(2,3)43)34-23-10-12-24(13-11-23)38-18-14-32(15-19-38)26-7-6-17-39(26)20-21-44-32/h4-5,8-13,22,26H,1,6-7,14-21H2,2-3H3,(H,33,34,36). The smallest absolute Gasteiger partial charge is 0.278 e. The predicted octanol–water partition coefficient (Wildman–Crippen LogP) is 4.10. The number of morpholine rings is 1. The quantitative estimate of drug-likeness (QED) is 0.301. The zero-order valence-corrected chi connectivity index (χ0v) is 26.6. The van der Waals surface area contributed by atoms with Crippen molar-refractivity contribution in [2.75, 3.05) is 55.5 Å². The van der Waals surface area contributed by atoms with Crippen LogP contribution in [0.5, 0.6) is 0 Å². The monoisotopic (exact) mass is 629 g/mol. The molecule has 4 aromatic rings. The zero-order chi connectivity index (χ0) is 31.2. The molecule has 3 aliphatic heterocycles. The Labute approximate surface area is 262 Å². The summed E-state index contributed by atoms with van der Waals surface area (Å²) in [5.74, 6) is 1.08. The first-order valence-corrected chi connectivity index (χ1v) is 17.8. The molecule has 0 bridgehead atoms. The SMILES string of the molecule is C=CCn1c(=O)c2cnc(Nc3ccc(N4CCC5(CC4)OCCN4CCCC45)cc3)nc2n1-c1cccc(N=S(C)(C)=O)n1. The van der Waals surface area contributed by atoms with Crippen molar-refractivity contribution in [2.24, 2.45) is 4.36 Å². The molecular formula is C32H39N9O3S. The van der Waals surface area contributed by atoms with Gasteiger partial charge in [-0.25, -0.2) is 23.5 Å². The highest BCUT2D eigenvalue weighted by molar-refractivity contribution is 7.92. The van der Waals surface area contributed by atoms with Crippen molar-refractivity contribution >= 4 is 43.9 Å². The van der Waals surface area contributed by atoms with Gasteiger partial charge in [-0.1, -0.05) is 12.1 Å². The molecule has 6 heterocycles. The molecule has 45 heavy (non-hydrogen) atoms. The lowest BCUT2D eigenvalue weighted by Gasteiger charge is -2.51. The number of anilines is 3. The number of piperidine rings is 1. The van der Waals surface area contributed by atoms with Crippen molar-refractivity contribution in [1.82, 2.24) is 29.2 Å². The van der Waals surface area contributed by atoms with E-state index in [1.165, 1.54) is 36.0 Å². The summed E-state index contributed by atoms with van der Waals surface area (Å²) in [5.41, 5.74) is 2.15. The zero-order valence-electron chi connectivity index (χ0n) is 25.8. The first-order chi connectivity index (χ1) is 21.7. The van der Waals surface area contributed by atoms with Gasteiger partial charge in [-0.05, 0) is 68.6 Å². The topological polar surface area (TPSA) is 123 Å². The lowest BCUT2D eigenvalue weighted by atomic mass is 9.81. The Hall–Kier alpha value is -4.07. The van der Waals surface area contributed by atoms with Crippen molar-refractivity contribution in [3.8, 4) is 5.82 Å². The molecule has 13 heteroatoms. The highest BCUT2D eigenvalue weighted by Crippen LogP contribution is 2.41. The number of pyridine rings is 1. The van der Waals surface area contributed by atoms with Gasteiger partial charge in [0.1, 0.15) is 5.39 Å². The number of benzene rings is 1. The number of ether oxygens (including phenoxy) is 1. The Kier molecular flexibility index (Phi) is 7.70. The average molecular weight is 630 g/mol. The van der Waals surface area contributed by atoms with Crippen LogP contribution in [0.25, 0.3) is 16.9 Å². The fourth-order valence-corrected chi connectivity index (χ4v) is 7.62. The van der Waals surface area contributed by atoms with Gasteiger partial charge in [0, 0.05) is 65.5 Å². The molecule has 0 saturated carbocycles. The highest BCUT2D eigenvalue weighted by atomic mass is 32.2. The van der Waals surface area contributed by atoms with E-state index < -0.39 is 9.73 Å². The summed E-state index contributed by atoms with van der Waals surface area (Å²) < 4.78 is 26.1. The van der Waals surface area contributed by atoms with Gasteiger partial charge < -0.3 is 15.0 Å². The van der Waals surface area contributed by atoms with E-state index in [1.54, 1.807) is 41.5 Å². The first-order valence-electron chi connectivity index (χ1n) is 15.5. The number of nitrogens with one attached hydrogen (secondary N) is 1. The Morgan fingerprint density at radius 2 is 1.91 bits per heavy atom. The third kappa shape index (κ3) is 5.75. The molecule has 1 unspecified atom stereocenters. The number of hydrogen-bond donors (Lipinski definition) is 1. The highest BCUT2D eigenvalue weighted by Gasteiger charge is 2.49. The minimum absolute atomic E-state index is 0.00738. The maximum atomic E-state index is 13.3. The van der Waals surface area contributed by atoms with Crippen LogP contribution in [-0.2, 0) is 21.0 Å². The van der Waals surface area contributed by atoms with Gasteiger partial charge in [0.15, 0.2) is 17.3 Å². The van der Waals surface area contributed by atoms with E-state index in [-0.39, 0.29) is 17.7 Å². The molecule has 1 aromatic carbocycles. The molecule has 0 aliphatic carbocycles. The van der Waals surface area contributed by atoms with Crippen molar-refractivity contribution < 1.29 is 8.95 Å². The molecule has 236 valence electrons. The maximum absolute atomic E-state index is 13.3.